The van der Waals surface area contributed by atoms with Crippen molar-refractivity contribution in [2.75, 3.05) is 13.1 Å². The predicted octanol–water partition coefficient (Wildman–Crippen LogP) is 2.25. The molecule has 1 aliphatic rings. The number of Topliss-reactive ketones (excluding diaryl/α,β-unsaturated/α-hetero) is 1. The van der Waals surface area contributed by atoms with Crippen LogP contribution >= 0.6 is 11.3 Å². The number of ketones is 1. The molecule has 0 aliphatic carbocycles. The van der Waals surface area contributed by atoms with Crippen LogP contribution in [-0.2, 0) is 11.3 Å². The Morgan fingerprint density at radius 1 is 1.44 bits per heavy atom. The van der Waals surface area contributed by atoms with Gasteiger partial charge < -0.3 is 5.11 Å². The highest BCUT2D eigenvalue weighted by Crippen LogP contribution is 2.21. The molecule has 1 aromatic rings. The topological polar surface area (TPSA) is 57.6 Å². The van der Waals surface area contributed by atoms with E-state index in [1.54, 1.807) is 6.92 Å². The minimum atomic E-state index is -0.677. The average molecular weight is 267 g/mol. The van der Waals surface area contributed by atoms with Crippen LogP contribution in [0.15, 0.2) is 11.4 Å². The van der Waals surface area contributed by atoms with E-state index in [0.717, 1.165) is 42.9 Å². The summed E-state index contributed by atoms with van der Waals surface area (Å²) in [5, 5.41) is 10.9. The molecule has 1 aromatic heterocycles. The molecule has 98 valence electrons. The molecule has 0 unspecified atom stereocenters. The van der Waals surface area contributed by atoms with Gasteiger partial charge in [-0.05, 0) is 49.9 Å². The van der Waals surface area contributed by atoms with E-state index in [4.69, 9.17) is 5.11 Å². The molecule has 0 bridgehead atoms. The summed E-state index contributed by atoms with van der Waals surface area (Å²) in [6, 6.07) is 1.94. The number of carboxylic acid groups (broad SMARTS) is 1. The highest BCUT2D eigenvalue weighted by molar-refractivity contribution is 7.12. The monoisotopic (exact) mass is 267 g/mol. The van der Waals surface area contributed by atoms with Crippen LogP contribution in [-0.4, -0.2) is 34.8 Å². The van der Waals surface area contributed by atoms with Gasteiger partial charge in [0.1, 0.15) is 0 Å². The van der Waals surface area contributed by atoms with Gasteiger partial charge in [0.15, 0.2) is 5.78 Å². The van der Waals surface area contributed by atoms with E-state index in [9.17, 15) is 9.59 Å². The van der Waals surface area contributed by atoms with Crippen LogP contribution in [0.3, 0.4) is 0 Å². The van der Waals surface area contributed by atoms with Crippen LogP contribution in [0.1, 0.15) is 35.0 Å². The fraction of sp³-hybridized carbons (Fsp3) is 0.538. The number of aliphatic carboxylic acids is 1. The molecule has 4 nitrogen and oxygen atoms in total. The van der Waals surface area contributed by atoms with E-state index in [2.05, 4.69) is 4.90 Å². The summed E-state index contributed by atoms with van der Waals surface area (Å²) in [7, 11) is 0. The molecule has 0 aromatic carbocycles. The van der Waals surface area contributed by atoms with Crippen molar-refractivity contribution in [1.29, 1.82) is 0 Å². The molecule has 2 heterocycles. The Hall–Kier alpha value is -1.20. The Bertz CT molecular complexity index is 447. The largest absolute Gasteiger partial charge is 0.481 e. The van der Waals surface area contributed by atoms with Crippen molar-refractivity contribution < 1.29 is 14.7 Å². The second kappa shape index (κ2) is 5.63. The molecular weight excluding hydrogens is 250 g/mol. The van der Waals surface area contributed by atoms with Gasteiger partial charge in [-0.3, -0.25) is 14.5 Å². The molecule has 0 radical (unpaired) electrons. The predicted molar refractivity (Wildman–Crippen MR) is 70.0 cm³/mol. The van der Waals surface area contributed by atoms with Gasteiger partial charge in [-0.2, -0.15) is 0 Å². The minimum Gasteiger partial charge on any atom is -0.481 e. The van der Waals surface area contributed by atoms with Crippen LogP contribution in [0, 0.1) is 5.92 Å². The zero-order valence-electron chi connectivity index (χ0n) is 10.4. The van der Waals surface area contributed by atoms with Crippen molar-refractivity contribution in [3.8, 4) is 0 Å². The van der Waals surface area contributed by atoms with E-state index in [1.807, 2.05) is 11.4 Å². The molecule has 0 amide bonds. The molecule has 0 spiro atoms. The van der Waals surface area contributed by atoms with Crippen molar-refractivity contribution >= 4 is 23.1 Å². The van der Waals surface area contributed by atoms with E-state index >= 15 is 0 Å². The van der Waals surface area contributed by atoms with E-state index < -0.39 is 5.97 Å². The third-order valence-electron chi connectivity index (χ3n) is 3.34. The van der Waals surface area contributed by atoms with Gasteiger partial charge in [0.2, 0.25) is 0 Å². The second-order valence-corrected chi connectivity index (χ2v) is 5.68. The molecule has 2 rings (SSSR count). The summed E-state index contributed by atoms with van der Waals surface area (Å²) in [6.45, 7) is 4.04. The second-order valence-electron chi connectivity index (χ2n) is 4.76. The maximum absolute atomic E-state index is 11.2. The molecule has 1 N–H and O–H groups in total. The standard InChI is InChI=1S/C13H17NO3S/c1-9(15)12-6-10(8-18-12)7-14-4-2-11(3-5-14)13(16)17/h6,8,11H,2-5,7H2,1H3,(H,16,17). The first kappa shape index (κ1) is 13.2. The molecule has 0 atom stereocenters. The lowest BCUT2D eigenvalue weighted by molar-refractivity contribution is -0.143. The van der Waals surface area contributed by atoms with E-state index in [0.29, 0.717) is 0 Å². The lowest BCUT2D eigenvalue weighted by atomic mass is 9.97. The zero-order valence-corrected chi connectivity index (χ0v) is 11.2. The number of piperidine rings is 1. The Balaban J connectivity index is 1.87. The fourth-order valence-corrected chi connectivity index (χ4v) is 3.05. The molecule has 1 fully saturated rings. The number of carbonyl (C=O) groups is 2. The Morgan fingerprint density at radius 2 is 2.11 bits per heavy atom. The van der Waals surface area contributed by atoms with Gasteiger partial charge >= 0.3 is 5.97 Å². The summed E-state index contributed by atoms with van der Waals surface area (Å²) in [6.07, 6.45) is 1.44. The number of rotatable bonds is 4. The van der Waals surface area contributed by atoms with E-state index in [1.165, 1.54) is 11.3 Å². The van der Waals surface area contributed by atoms with Crippen LogP contribution in [0.25, 0.3) is 0 Å². The Morgan fingerprint density at radius 3 is 2.61 bits per heavy atom. The van der Waals surface area contributed by atoms with Crippen molar-refractivity contribution in [3.05, 3.63) is 21.9 Å². The number of likely N-dealkylation sites (tertiary alicyclic amines) is 1. The van der Waals surface area contributed by atoms with Gasteiger partial charge in [-0.15, -0.1) is 11.3 Å². The number of thiophene rings is 1. The van der Waals surface area contributed by atoms with Gasteiger partial charge in [0, 0.05) is 6.54 Å². The van der Waals surface area contributed by atoms with Gasteiger partial charge in [0.05, 0.1) is 10.8 Å². The van der Waals surface area contributed by atoms with Crippen LogP contribution in [0.5, 0.6) is 0 Å². The Labute approximate surface area is 110 Å². The summed E-state index contributed by atoms with van der Waals surface area (Å²) >= 11 is 1.48. The number of nitrogens with zero attached hydrogens (tertiary/aromatic N) is 1. The highest BCUT2D eigenvalue weighted by atomic mass is 32.1. The summed E-state index contributed by atoms with van der Waals surface area (Å²) in [4.78, 5) is 25.1. The van der Waals surface area contributed by atoms with Crippen molar-refractivity contribution in [2.45, 2.75) is 26.3 Å². The SMILES string of the molecule is CC(=O)c1cc(CN2CCC(C(=O)O)CC2)cs1. The summed E-state index contributed by atoms with van der Waals surface area (Å²) < 4.78 is 0. The van der Waals surface area contributed by atoms with Crippen molar-refractivity contribution in [1.82, 2.24) is 4.90 Å². The summed E-state index contributed by atoms with van der Waals surface area (Å²) in [5.41, 5.74) is 1.15. The van der Waals surface area contributed by atoms with Crippen LogP contribution < -0.4 is 0 Å². The fourth-order valence-electron chi connectivity index (χ4n) is 2.24. The molecule has 5 heteroatoms. The maximum Gasteiger partial charge on any atom is 0.306 e. The first-order valence-electron chi connectivity index (χ1n) is 6.10. The molecule has 18 heavy (non-hydrogen) atoms. The normalized spacial score (nSPS) is 17.8. The number of hydrogen-bond acceptors (Lipinski definition) is 4. The average Bonchev–Trinajstić information content (AvgIpc) is 2.78. The lowest BCUT2D eigenvalue weighted by Gasteiger charge is -2.29. The zero-order chi connectivity index (χ0) is 13.1. The highest BCUT2D eigenvalue weighted by Gasteiger charge is 2.24. The molecular formula is C13H17NO3S. The van der Waals surface area contributed by atoms with Crippen molar-refractivity contribution in [3.63, 3.8) is 0 Å². The molecule has 1 saturated heterocycles. The quantitative estimate of drug-likeness (QED) is 0.850. The van der Waals surface area contributed by atoms with Gasteiger partial charge in [0.25, 0.3) is 0 Å². The Kier molecular flexibility index (Phi) is 4.14. The van der Waals surface area contributed by atoms with E-state index in [-0.39, 0.29) is 11.7 Å². The van der Waals surface area contributed by atoms with Gasteiger partial charge in [-0.1, -0.05) is 0 Å². The first-order chi connectivity index (χ1) is 8.56. The number of hydrogen-bond donors (Lipinski definition) is 1. The maximum atomic E-state index is 11.2. The number of carboxylic acids is 1. The molecule has 0 saturated carbocycles. The smallest absolute Gasteiger partial charge is 0.306 e. The van der Waals surface area contributed by atoms with Gasteiger partial charge in [-0.25, -0.2) is 0 Å². The lowest BCUT2D eigenvalue weighted by Crippen LogP contribution is -2.35. The third kappa shape index (κ3) is 3.17. The third-order valence-corrected chi connectivity index (χ3v) is 4.42. The minimum absolute atomic E-state index is 0.107. The van der Waals surface area contributed by atoms with Crippen LogP contribution in [0.2, 0.25) is 0 Å². The number of carbonyl (C=O) groups excluding carboxylic acids is 1. The first-order valence-corrected chi connectivity index (χ1v) is 6.97. The van der Waals surface area contributed by atoms with Crippen molar-refractivity contribution in [2.24, 2.45) is 5.92 Å². The molecule has 1 aliphatic heterocycles. The van der Waals surface area contributed by atoms with Crippen LogP contribution in [0.4, 0.5) is 0 Å². The summed E-state index contributed by atoms with van der Waals surface area (Å²) in [5.74, 6) is -0.753.